The minimum Gasteiger partial charge on any atom is -0.470 e. The van der Waals surface area contributed by atoms with E-state index < -0.39 is 11.1 Å². The quantitative estimate of drug-likeness (QED) is 0.634. The summed E-state index contributed by atoms with van der Waals surface area (Å²) < 4.78 is 23.5. The summed E-state index contributed by atoms with van der Waals surface area (Å²) in [5.41, 5.74) is 0. The predicted octanol–water partition coefficient (Wildman–Crippen LogP) is 0.483. The van der Waals surface area contributed by atoms with E-state index in [1.807, 2.05) is 0 Å². The van der Waals surface area contributed by atoms with Crippen LogP contribution in [0.2, 0.25) is 0 Å². The van der Waals surface area contributed by atoms with Crippen LogP contribution in [0.15, 0.2) is 24.9 Å². The molecule has 0 radical (unpaired) electrons. The topological polar surface area (TPSA) is 49.8 Å². The van der Waals surface area contributed by atoms with Gasteiger partial charge in [0.2, 0.25) is 0 Å². The smallest absolute Gasteiger partial charge is 0.154 e. The molecular weight excluding hydrogens is 166 g/mol. The Bertz CT molecular complexity index is 190. The fourth-order valence-corrected chi connectivity index (χ4v) is 1.02. The van der Waals surface area contributed by atoms with Crippen LogP contribution in [-0.2, 0) is 15.8 Å². The first kappa shape index (κ1) is 8.29. The molecular formula is C6H9NO3S. The maximum absolute atomic E-state index is 10.2. The minimum atomic E-state index is -1.72. The van der Waals surface area contributed by atoms with Gasteiger partial charge in [-0.2, -0.15) is 0 Å². The zero-order valence-electron chi connectivity index (χ0n) is 5.84. The molecule has 1 atom stereocenters. The van der Waals surface area contributed by atoms with E-state index in [1.165, 1.54) is 12.5 Å². The van der Waals surface area contributed by atoms with Gasteiger partial charge in [0.1, 0.15) is 12.5 Å². The lowest BCUT2D eigenvalue weighted by Gasteiger charge is -2.15. The highest BCUT2D eigenvalue weighted by atomic mass is 32.2. The zero-order chi connectivity index (χ0) is 8.10. The largest absolute Gasteiger partial charge is 0.470 e. The molecule has 0 amide bonds. The summed E-state index contributed by atoms with van der Waals surface area (Å²) in [7, 11) is 0. The summed E-state index contributed by atoms with van der Waals surface area (Å²) in [6.45, 7) is 0.527. The van der Waals surface area contributed by atoms with E-state index in [0.29, 0.717) is 6.54 Å². The van der Waals surface area contributed by atoms with E-state index in [9.17, 15) is 4.21 Å². The first-order valence-corrected chi connectivity index (χ1v) is 4.38. The zero-order valence-corrected chi connectivity index (χ0v) is 6.66. The summed E-state index contributed by atoms with van der Waals surface area (Å²) in [4.78, 5) is 1.78. The molecule has 0 fully saturated rings. The van der Waals surface area contributed by atoms with Crippen molar-refractivity contribution in [3.05, 3.63) is 24.9 Å². The van der Waals surface area contributed by atoms with Gasteiger partial charge >= 0.3 is 0 Å². The Morgan fingerprint density at radius 3 is 2.64 bits per heavy atom. The number of ether oxygens (including phenoxy) is 1. The third-order valence-electron chi connectivity index (χ3n) is 1.19. The van der Waals surface area contributed by atoms with E-state index in [1.54, 1.807) is 17.3 Å². The molecule has 62 valence electrons. The van der Waals surface area contributed by atoms with Gasteiger partial charge in [0, 0.05) is 18.9 Å². The third kappa shape index (κ3) is 3.20. The van der Waals surface area contributed by atoms with Crippen molar-refractivity contribution in [2.75, 3.05) is 12.3 Å². The number of nitrogens with zero attached hydrogens (tertiary/aromatic N) is 1. The van der Waals surface area contributed by atoms with Gasteiger partial charge in [-0.1, -0.05) is 0 Å². The van der Waals surface area contributed by atoms with Crippen LogP contribution in [0.4, 0.5) is 0 Å². The maximum atomic E-state index is 10.2. The third-order valence-corrected chi connectivity index (χ3v) is 1.72. The van der Waals surface area contributed by atoms with Crippen molar-refractivity contribution in [1.29, 1.82) is 0 Å². The minimum absolute atomic E-state index is 0.245. The van der Waals surface area contributed by atoms with Crippen LogP contribution in [0.3, 0.4) is 0 Å². The lowest BCUT2D eigenvalue weighted by atomic mass is 10.6. The van der Waals surface area contributed by atoms with Gasteiger partial charge in [-0.05, 0) is 0 Å². The summed E-state index contributed by atoms with van der Waals surface area (Å²) in [5, 5.41) is 0. The van der Waals surface area contributed by atoms with Crippen LogP contribution in [-0.4, -0.2) is 26.0 Å². The molecule has 1 unspecified atom stereocenters. The maximum Gasteiger partial charge on any atom is 0.154 e. The highest BCUT2D eigenvalue weighted by Gasteiger charge is 1.99. The van der Waals surface area contributed by atoms with Crippen molar-refractivity contribution >= 4 is 11.1 Å². The Balaban J connectivity index is 2.25. The van der Waals surface area contributed by atoms with E-state index in [-0.39, 0.29) is 5.75 Å². The Morgan fingerprint density at radius 1 is 1.45 bits per heavy atom. The standard InChI is InChI=1S/C6H9NO3S/c8-11(9)6-3-7-1-4-10-5-2-7/h1-2,4-5H,3,6H2,(H,8,9). The molecule has 11 heavy (non-hydrogen) atoms. The molecule has 1 rings (SSSR count). The highest BCUT2D eigenvalue weighted by Crippen LogP contribution is 1.98. The van der Waals surface area contributed by atoms with Crippen LogP contribution in [0.5, 0.6) is 0 Å². The number of rotatable bonds is 3. The lowest BCUT2D eigenvalue weighted by molar-refractivity contribution is 0.349. The Morgan fingerprint density at radius 2 is 2.09 bits per heavy atom. The van der Waals surface area contributed by atoms with Crippen LogP contribution in [0, 0.1) is 0 Å². The van der Waals surface area contributed by atoms with Crippen molar-refractivity contribution in [2.24, 2.45) is 0 Å². The second kappa shape index (κ2) is 4.15. The van der Waals surface area contributed by atoms with Gasteiger partial charge in [-0.3, -0.25) is 0 Å². The fraction of sp³-hybridized carbons (Fsp3) is 0.333. The molecule has 1 aliphatic heterocycles. The second-order valence-electron chi connectivity index (χ2n) is 1.97. The fourth-order valence-electron chi connectivity index (χ4n) is 0.654. The normalized spacial score (nSPS) is 18.1. The Kier molecular flexibility index (Phi) is 3.13. The molecule has 0 aliphatic carbocycles. The van der Waals surface area contributed by atoms with E-state index in [4.69, 9.17) is 9.29 Å². The van der Waals surface area contributed by atoms with Crippen molar-refractivity contribution in [3.8, 4) is 0 Å². The van der Waals surface area contributed by atoms with Gasteiger partial charge in [-0.25, -0.2) is 4.21 Å². The molecule has 1 aliphatic rings. The van der Waals surface area contributed by atoms with Crippen molar-refractivity contribution in [3.63, 3.8) is 0 Å². The van der Waals surface area contributed by atoms with Gasteiger partial charge < -0.3 is 14.2 Å². The molecule has 0 saturated heterocycles. The molecule has 0 saturated carbocycles. The van der Waals surface area contributed by atoms with Crippen LogP contribution in [0.25, 0.3) is 0 Å². The summed E-state index contributed by atoms with van der Waals surface area (Å²) in [5.74, 6) is 0.245. The second-order valence-corrected chi connectivity index (χ2v) is 3.02. The monoisotopic (exact) mass is 175 g/mol. The summed E-state index contributed by atoms with van der Waals surface area (Å²) >= 11 is -1.72. The molecule has 4 nitrogen and oxygen atoms in total. The summed E-state index contributed by atoms with van der Waals surface area (Å²) in [6.07, 6.45) is 6.43. The number of hydrogen-bond acceptors (Lipinski definition) is 3. The highest BCUT2D eigenvalue weighted by molar-refractivity contribution is 7.79. The molecule has 0 aromatic heterocycles. The van der Waals surface area contributed by atoms with Crippen molar-refractivity contribution in [1.82, 2.24) is 4.90 Å². The van der Waals surface area contributed by atoms with Crippen LogP contribution < -0.4 is 0 Å². The molecule has 1 N–H and O–H groups in total. The first-order chi connectivity index (χ1) is 5.29. The molecule has 0 aromatic carbocycles. The SMILES string of the molecule is O=S(O)CCN1C=COC=C1. The van der Waals surface area contributed by atoms with Crippen LogP contribution >= 0.6 is 0 Å². The van der Waals surface area contributed by atoms with E-state index in [0.717, 1.165) is 0 Å². The Hall–Kier alpha value is -0.810. The summed E-state index contributed by atoms with van der Waals surface area (Å²) in [6, 6.07) is 0. The molecule has 0 bridgehead atoms. The average molecular weight is 175 g/mol. The van der Waals surface area contributed by atoms with Gasteiger partial charge in [0.15, 0.2) is 11.1 Å². The Labute approximate surface area is 67.4 Å². The van der Waals surface area contributed by atoms with Gasteiger partial charge in [0.25, 0.3) is 0 Å². The number of hydrogen-bond donors (Lipinski definition) is 1. The van der Waals surface area contributed by atoms with Crippen LogP contribution in [0.1, 0.15) is 0 Å². The molecule has 1 heterocycles. The van der Waals surface area contributed by atoms with Crippen molar-refractivity contribution < 1.29 is 13.5 Å². The lowest BCUT2D eigenvalue weighted by Crippen LogP contribution is -2.18. The van der Waals surface area contributed by atoms with E-state index >= 15 is 0 Å². The van der Waals surface area contributed by atoms with E-state index in [2.05, 4.69) is 0 Å². The first-order valence-electron chi connectivity index (χ1n) is 3.11. The molecule has 0 spiro atoms. The van der Waals surface area contributed by atoms with Crippen molar-refractivity contribution in [2.45, 2.75) is 0 Å². The average Bonchev–Trinajstić information content (AvgIpc) is 2.03. The van der Waals surface area contributed by atoms with Gasteiger partial charge in [-0.15, -0.1) is 0 Å². The molecule has 0 aromatic rings. The van der Waals surface area contributed by atoms with Gasteiger partial charge in [0.05, 0.1) is 5.75 Å². The predicted molar refractivity (Wildman–Crippen MR) is 41.7 cm³/mol. The molecule has 5 heteroatoms.